The molecule has 1 heterocycles. The summed E-state index contributed by atoms with van der Waals surface area (Å²) in [6.45, 7) is 3.46. The van der Waals surface area contributed by atoms with E-state index in [2.05, 4.69) is 10.2 Å². The number of hydrogen-bond donors (Lipinski definition) is 1. The molecule has 2 aromatic rings. The maximum Gasteiger partial charge on any atom is 0.322 e. The van der Waals surface area contributed by atoms with Crippen molar-refractivity contribution in [3.8, 4) is 0 Å². The molecule has 0 radical (unpaired) electrons. The summed E-state index contributed by atoms with van der Waals surface area (Å²) >= 11 is 12.2. The topological polar surface area (TPSA) is 35.6 Å². The Balaban J connectivity index is 1.53. The first kappa shape index (κ1) is 18.0. The molecule has 1 aliphatic heterocycles. The maximum atomic E-state index is 13.0. The molecular formula is C18H18Cl2FN3O. The summed E-state index contributed by atoms with van der Waals surface area (Å²) in [5.74, 6) is -0.233. The lowest BCUT2D eigenvalue weighted by Crippen LogP contribution is -2.49. The van der Waals surface area contributed by atoms with Gasteiger partial charge in [-0.3, -0.25) is 4.90 Å². The van der Waals surface area contributed by atoms with E-state index in [0.29, 0.717) is 28.8 Å². The summed E-state index contributed by atoms with van der Waals surface area (Å²) in [4.78, 5) is 16.4. The highest BCUT2D eigenvalue weighted by Gasteiger charge is 2.22. The summed E-state index contributed by atoms with van der Waals surface area (Å²) in [6.07, 6.45) is 0. The van der Waals surface area contributed by atoms with Crippen LogP contribution in [0.15, 0.2) is 42.5 Å². The van der Waals surface area contributed by atoms with Gasteiger partial charge in [-0.05, 0) is 29.8 Å². The second-order valence-electron chi connectivity index (χ2n) is 5.92. The molecule has 0 bridgehead atoms. The third-order valence-electron chi connectivity index (χ3n) is 4.17. The van der Waals surface area contributed by atoms with E-state index in [1.54, 1.807) is 35.2 Å². The van der Waals surface area contributed by atoms with Crippen LogP contribution in [0.4, 0.5) is 14.9 Å². The van der Waals surface area contributed by atoms with Crippen LogP contribution in [0.1, 0.15) is 5.56 Å². The van der Waals surface area contributed by atoms with Gasteiger partial charge in [0.05, 0.1) is 15.7 Å². The SMILES string of the molecule is O=C(Nc1c(Cl)cccc1Cl)N1CCN(Cc2ccc(F)cc2)CC1. The molecule has 1 fully saturated rings. The standard InChI is InChI=1S/C18H18Cl2FN3O/c19-15-2-1-3-16(20)17(15)22-18(25)24-10-8-23(9-11-24)12-13-4-6-14(21)7-5-13/h1-7H,8-12H2,(H,22,25). The molecule has 2 aromatic carbocycles. The largest absolute Gasteiger partial charge is 0.322 e. The second kappa shape index (κ2) is 8.04. The quantitative estimate of drug-likeness (QED) is 0.850. The molecule has 0 unspecified atom stereocenters. The normalized spacial score (nSPS) is 15.2. The van der Waals surface area contributed by atoms with Crippen LogP contribution in [0.2, 0.25) is 10.0 Å². The lowest BCUT2D eigenvalue weighted by molar-refractivity contribution is 0.143. The average molecular weight is 382 g/mol. The van der Waals surface area contributed by atoms with Crippen LogP contribution < -0.4 is 5.32 Å². The molecule has 0 saturated carbocycles. The Morgan fingerprint density at radius 2 is 1.60 bits per heavy atom. The number of piperazine rings is 1. The van der Waals surface area contributed by atoms with Gasteiger partial charge in [-0.25, -0.2) is 9.18 Å². The minimum atomic E-state index is -0.233. The lowest BCUT2D eigenvalue weighted by atomic mass is 10.2. The first-order chi connectivity index (χ1) is 12.0. The third-order valence-corrected chi connectivity index (χ3v) is 4.80. The fraction of sp³-hybridized carbons (Fsp3) is 0.278. The Morgan fingerprint density at radius 3 is 2.20 bits per heavy atom. The monoisotopic (exact) mass is 381 g/mol. The van der Waals surface area contributed by atoms with E-state index in [1.165, 1.54) is 12.1 Å². The average Bonchev–Trinajstić information content (AvgIpc) is 2.61. The Morgan fingerprint density at radius 1 is 1.00 bits per heavy atom. The molecule has 4 nitrogen and oxygen atoms in total. The first-order valence-corrected chi connectivity index (χ1v) is 8.75. The van der Waals surface area contributed by atoms with Crippen LogP contribution in [0, 0.1) is 5.82 Å². The Kier molecular flexibility index (Phi) is 5.78. The molecule has 0 aliphatic carbocycles. The van der Waals surface area contributed by atoms with E-state index in [4.69, 9.17) is 23.2 Å². The zero-order valence-corrected chi connectivity index (χ0v) is 15.0. The molecular weight excluding hydrogens is 364 g/mol. The number of anilines is 1. The van der Waals surface area contributed by atoms with Gasteiger partial charge in [0, 0.05) is 32.7 Å². The minimum absolute atomic E-state index is 0.212. The molecule has 1 saturated heterocycles. The van der Waals surface area contributed by atoms with Crippen molar-refractivity contribution >= 4 is 34.9 Å². The Bertz CT molecular complexity index is 726. The van der Waals surface area contributed by atoms with E-state index in [0.717, 1.165) is 25.2 Å². The van der Waals surface area contributed by atoms with Crippen LogP contribution in [0.5, 0.6) is 0 Å². The van der Waals surface area contributed by atoms with Crippen LogP contribution in [0.3, 0.4) is 0 Å². The van der Waals surface area contributed by atoms with Crippen molar-refractivity contribution < 1.29 is 9.18 Å². The predicted octanol–water partition coefficient (Wildman–Crippen LogP) is 4.48. The van der Waals surface area contributed by atoms with E-state index >= 15 is 0 Å². The highest BCUT2D eigenvalue weighted by molar-refractivity contribution is 6.39. The lowest BCUT2D eigenvalue weighted by Gasteiger charge is -2.34. The van der Waals surface area contributed by atoms with Gasteiger partial charge in [0.25, 0.3) is 0 Å². The molecule has 0 spiro atoms. The molecule has 3 rings (SSSR count). The van der Waals surface area contributed by atoms with Crippen molar-refractivity contribution in [3.63, 3.8) is 0 Å². The minimum Gasteiger partial charge on any atom is -0.322 e. The second-order valence-corrected chi connectivity index (χ2v) is 6.73. The number of rotatable bonds is 3. The van der Waals surface area contributed by atoms with Gasteiger partial charge in [-0.15, -0.1) is 0 Å². The predicted molar refractivity (Wildman–Crippen MR) is 98.7 cm³/mol. The van der Waals surface area contributed by atoms with E-state index < -0.39 is 0 Å². The highest BCUT2D eigenvalue weighted by Crippen LogP contribution is 2.30. The number of carbonyl (C=O) groups is 1. The Labute approximate surface area is 156 Å². The van der Waals surface area contributed by atoms with Crippen molar-refractivity contribution in [1.29, 1.82) is 0 Å². The van der Waals surface area contributed by atoms with Gasteiger partial charge >= 0.3 is 6.03 Å². The number of nitrogens with zero attached hydrogens (tertiary/aromatic N) is 2. The molecule has 132 valence electrons. The van der Waals surface area contributed by atoms with Crippen LogP contribution >= 0.6 is 23.2 Å². The first-order valence-electron chi connectivity index (χ1n) is 7.99. The number of urea groups is 1. The number of nitrogens with one attached hydrogen (secondary N) is 1. The van der Waals surface area contributed by atoms with Gasteiger partial charge in [-0.2, -0.15) is 0 Å². The number of carbonyl (C=O) groups excluding carboxylic acids is 1. The Hall–Kier alpha value is -1.82. The summed E-state index contributed by atoms with van der Waals surface area (Å²) in [6, 6.07) is 11.4. The van der Waals surface area contributed by atoms with E-state index in [-0.39, 0.29) is 11.8 Å². The van der Waals surface area contributed by atoms with Crippen molar-refractivity contribution in [3.05, 3.63) is 63.9 Å². The van der Waals surface area contributed by atoms with Crippen LogP contribution in [0.25, 0.3) is 0 Å². The zero-order chi connectivity index (χ0) is 17.8. The zero-order valence-electron chi connectivity index (χ0n) is 13.5. The van der Waals surface area contributed by atoms with Crippen LogP contribution in [-0.4, -0.2) is 42.0 Å². The fourth-order valence-electron chi connectivity index (χ4n) is 2.76. The molecule has 0 aromatic heterocycles. The molecule has 1 N–H and O–H groups in total. The van der Waals surface area contributed by atoms with Gasteiger partial charge in [0.1, 0.15) is 5.82 Å². The molecule has 1 aliphatic rings. The van der Waals surface area contributed by atoms with Crippen LogP contribution in [-0.2, 0) is 6.54 Å². The van der Waals surface area contributed by atoms with Gasteiger partial charge in [0.2, 0.25) is 0 Å². The fourth-order valence-corrected chi connectivity index (χ4v) is 3.25. The van der Waals surface area contributed by atoms with Gasteiger partial charge in [-0.1, -0.05) is 41.4 Å². The van der Waals surface area contributed by atoms with Gasteiger partial charge < -0.3 is 10.2 Å². The van der Waals surface area contributed by atoms with Crippen molar-refractivity contribution in [2.45, 2.75) is 6.54 Å². The molecule has 7 heteroatoms. The number of para-hydroxylation sites is 1. The molecule has 0 atom stereocenters. The highest BCUT2D eigenvalue weighted by atomic mass is 35.5. The number of benzene rings is 2. The number of halogens is 3. The van der Waals surface area contributed by atoms with Crippen molar-refractivity contribution in [2.75, 3.05) is 31.5 Å². The smallest absolute Gasteiger partial charge is 0.322 e. The molecule has 25 heavy (non-hydrogen) atoms. The summed E-state index contributed by atoms with van der Waals surface area (Å²) in [5.41, 5.74) is 1.49. The third kappa shape index (κ3) is 4.63. The summed E-state index contributed by atoms with van der Waals surface area (Å²) < 4.78 is 13.0. The van der Waals surface area contributed by atoms with Crippen molar-refractivity contribution in [1.82, 2.24) is 9.80 Å². The molecule has 2 amide bonds. The number of hydrogen-bond acceptors (Lipinski definition) is 2. The van der Waals surface area contributed by atoms with Gasteiger partial charge in [0.15, 0.2) is 0 Å². The number of amides is 2. The maximum absolute atomic E-state index is 13.0. The van der Waals surface area contributed by atoms with Crippen molar-refractivity contribution in [2.24, 2.45) is 0 Å². The van der Waals surface area contributed by atoms with E-state index in [9.17, 15) is 9.18 Å². The summed E-state index contributed by atoms with van der Waals surface area (Å²) in [5, 5.41) is 3.61. The summed E-state index contributed by atoms with van der Waals surface area (Å²) in [7, 11) is 0. The van der Waals surface area contributed by atoms with E-state index in [1.807, 2.05) is 0 Å².